The van der Waals surface area contributed by atoms with Crippen LogP contribution in [0.25, 0.3) is 0 Å². The van der Waals surface area contributed by atoms with Gasteiger partial charge in [-0.2, -0.15) is 0 Å². The summed E-state index contributed by atoms with van der Waals surface area (Å²) in [5.74, 6) is 0.402. The number of halogens is 2. The van der Waals surface area contributed by atoms with Crippen LogP contribution in [0.1, 0.15) is 34.6 Å². The van der Waals surface area contributed by atoms with Crippen LogP contribution in [-0.2, 0) is 4.74 Å². The first-order chi connectivity index (χ1) is 12.7. The highest BCUT2D eigenvalue weighted by Crippen LogP contribution is 2.16. The van der Waals surface area contributed by atoms with Crippen LogP contribution in [-0.4, -0.2) is 49.9 Å². The van der Waals surface area contributed by atoms with Gasteiger partial charge in [-0.1, -0.05) is 12.1 Å². The Morgan fingerprint density at radius 2 is 1.82 bits per heavy atom. The van der Waals surface area contributed by atoms with Crippen molar-refractivity contribution in [2.75, 3.05) is 26.2 Å². The summed E-state index contributed by atoms with van der Waals surface area (Å²) in [5.41, 5.74) is -0.526. The van der Waals surface area contributed by atoms with Gasteiger partial charge >= 0.3 is 6.09 Å². The van der Waals surface area contributed by atoms with Gasteiger partial charge in [0.2, 0.25) is 0 Å². The lowest BCUT2D eigenvalue weighted by atomic mass is 10.2. The number of nitrogens with one attached hydrogen (secondary N) is 3. The van der Waals surface area contributed by atoms with E-state index in [1.165, 1.54) is 6.07 Å². The van der Waals surface area contributed by atoms with Gasteiger partial charge in [0.1, 0.15) is 11.7 Å². The molecule has 3 N–H and O–H groups in total. The lowest BCUT2D eigenvalue weighted by molar-refractivity contribution is 0.0529. The topological polar surface area (TPSA) is 84.0 Å². The molecule has 1 rings (SSSR count). The van der Waals surface area contributed by atoms with E-state index < -0.39 is 17.5 Å². The number of amides is 1. The van der Waals surface area contributed by atoms with Crippen molar-refractivity contribution in [3.05, 3.63) is 30.1 Å². The average Bonchev–Trinajstić information content (AvgIpc) is 2.57. The van der Waals surface area contributed by atoms with Crippen LogP contribution in [0.3, 0.4) is 0 Å². The van der Waals surface area contributed by atoms with Crippen LogP contribution in [0.15, 0.2) is 29.3 Å². The molecule has 0 radical (unpaired) electrons. The van der Waals surface area contributed by atoms with E-state index >= 15 is 0 Å². The lowest BCUT2D eigenvalue weighted by Gasteiger charge is -2.20. The quantitative estimate of drug-likeness (QED) is 0.217. The molecule has 0 aliphatic rings. The summed E-state index contributed by atoms with van der Waals surface area (Å²) in [6.45, 7) is 11.1. The molecule has 0 aromatic heterocycles. The maximum Gasteiger partial charge on any atom is 0.407 e. The largest absolute Gasteiger partial charge is 0.486 e. The van der Waals surface area contributed by atoms with E-state index in [2.05, 4.69) is 20.9 Å². The number of nitrogens with zero attached hydrogens (tertiary/aromatic N) is 1. The molecule has 1 aromatic carbocycles. The van der Waals surface area contributed by atoms with E-state index in [9.17, 15) is 9.18 Å². The molecule has 0 saturated carbocycles. The molecule has 0 spiro atoms. The van der Waals surface area contributed by atoms with Gasteiger partial charge < -0.3 is 25.4 Å². The van der Waals surface area contributed by atoms with Crippen molar-refractivity contribution >= 4 is 36.0 Å². The molecule has 7 nitrogen and oxygen atoms in total. The number of benzene rings is 1. The van der Waals surface area contributed by atoms with E-state index in [1.54, 1.807) is 18.2 Å². The smallest absolute Gasteiger partial charge is 0.407 e. The van der Waals surface area contributed by atoms with E-state index in [0.29, 0.717) is 32.1 Å². The zero-order chi connectivity index (χ0) is 20.3. The molecule has 9 heteroatoms. The SMILES string of the molecule is CCNC(=NCC(C)Oc1ccccc1F)NCCNC(=O)OC(C)(C)C.I. The van der Waals surface area contributed by atoms with E-state index in [0.717, 1.165) is 0 Å². The molecule has 28 heavy (non-hydrogen) atoms. The van der Waals surface area contributed by atoms with E-state index in [1.807, 2.05) is 34.6 Å². The monoisotopic (exact) mass is 510 g/mol. The molecule has 0 aliphatic carbocycles. The Hall–Kier alpha value is -1.78. The van der Waals surface area contributed by atoms with Gasteiger partial charge in [-0.25, -0.2) is 14.2 Å². The molecule has 1 amide bonds. The molecule has 0 saturated heterocycles. The first-order valence-electron chi connectivity index (χ1n) is 9.11. The number of alkyl carbamates (subject to hydrolysis) is 1. The third-order valence-electron chi connectivity index (χ3n) is 3.10. The summed E-state index contributed by atoms with van der Waals surface area (Å²) in [7, 11) is 0. The van der Waals surface area contributed by atoms with Crippen molar-refractivity contribution in [2.45, 2.75) is 46.3 Å². The fourth-order valence-electron chi connectivity index (χ4n) is 2.02. The zero-order valence-corrected chi connectivity index (χ0v) is 19.5. The molecule has 1 unspecified atom stereocenters. The highest BCUT2D eigenvalue weighted by atomic mass is 127. The van der Waals surface area contributed by atoms with Crippen LogP contribution in [0, 0.1) is 5.82 Å². The second kappa shape index (κ2) is 13.4. The standard InChI is InChI=1S/C19H31FN4O3.HI/c1-6-21-17(22-11-12-23-18(25)27-19(3,4)5)24-13-14(2)26-16-10-8-7-9-15(16)20;/h7-10,14H,6,11-13H2,1-5H3,(H,23,25)(H2,21,22,24);1H. The first-order valence-corrected chi connectivity index (χ1v) is 9.11. The summed E-state index contributed by atoms with van der Waals surface area (Å²) in [5, 5.41) is 8.88. The number of carbonyl (C=O) groups is 1. The van der Waals surface area contributed by atoms with Crippen LogP contribution in [0.2, 0.25) is 0 Å². The Labute approximate surface area is 183 Å². The molecule has 160 valence electrons. The van der Waals surface area contributed by atoms with Crippen LogP contribution >= 0.6 is 24.0 Å². The summed E-state index contributed by atoms with van der Waals surface area (Å²) in [6.07, 6.45) is -0.754. The van der Waals surface area contributed by atoms with Crippen molar-refractivity contribution in [1.29, 1.82) is 0 Å². The molecule has 0 bridgehead atoms. The summed E-state index contributed by atoms with van der Waals surface area (Å²) >= 11 is 0. The van der Waals surface area contributed by atoms with Gasteiger partial charge in [-0.05, 0) is 46.8 Å². The highest BCUT2D eigenvalue weighted by Gasteiger charge is 2.15. The van der Waals surface area contributed by atoms with Gasteiger partial charge in [-0.3, -0.25) is 0 Å². The fraction of sp³-hybridized carbons (Fsp3) is 0.579. The minimum atomic E-state index is -0.526. The van der Waals surface area contributed by atoms with Crippen LogP contribution < -0.4 is 20.7 Å². The fourth-order valence-corrected chi connectivity index (χ4v) is 2.02. The molecule has 1 atom stereocenters. The van der Waals surface area contributed by atoms with Crippen molar-refractivity contribution in [1.82, 2.24) is 16.0 Å². The van der Waals surface area contributed by atoms with Gasteiger partial charge in [0.05, 0.1) is 6.54 Å². The third kappa shape index (κ3) is 11.8. The normalized spacial score (nSPS) is 12.4. The third-order valence-corrected chi connectivity index (χ3v) is 3.10. The van der Waals surface area contributed by atoms with Gasteiger partial charge in [0.25, 0.3) is 0 Å². The lowest BCUT2D eigenvalue weighted by Crippen LogP contribution is -2.42. The van der Waals surface area contributed by atoms with Gasteiger partial charge in [0.15, 0.2) is 17.5 Å². The number of hydrogen-bond donors (Lipinski definition) is 3. The minimum absolute atomic E-state index is 0. The Morgan fingerprint density at radius 1 is 1.18 bits per heavy atom. The summed E-state index contributed by atoms with van der Waals surface area (Å²) in [6, 6.07) is 6.27. The molecule has 1 aromatic rings. The maximum atomic E-state index is 13.6. The van der Waals surface area contributed by atoms with Gasteiger partial charge in [0, 0.05) is 19.6 Å². The summed E-state index contributed by atoms with van der Waals surface area (Å²) in [4.78, 5) is 16.0. The van der Waals surface area contributed by atoms with Crippen LogP contribution in [0.4, 0.5) is 9.18 Å². The Balaban J connectivity index is 0.00000729. The number of hydrogen-bond acceptors (Lipinski definition) is 4. The first kappa shape index (κ1) is 26.2. The molecule has 0 aliphatic heterocycles. The van der Waals surface area contributed by atoms with Crippen molar-refractivity contribution in [3.8, 4) is 5.75 Å². The molecular formula is C19H32FIN4O3. The Bertz CT molecular complexity index is 623. The second-order valence-electron chi connectivity index (χ2n) is 6.93. The summed E-state index contributed by atoms with van der Waals surface area (Å²) < 4.78 is 24.3. The van der Waals surface area contributed by atoms with Crippen LogP contribution in [0.5, 0.6) is 5.75 Å². The Kier molecular flexibility index (Phi) is 12.6. The number of carbonyl (C=O) groups excluding carboxylic acids is 1. The highest BCUT2D eigenvalue weighted by molar-refractivity contribution is 14.0. The second-order valence-corrected chi connectivity index (χ2v) is 6.93. The van der Waals surface area contributed by atoms with E-state index in [4.69, 9.17) is 9.47 Å². The number of rotatable bonds is 8. The number of guanidine groups is 1. The molecule has 0 heterocycles. The predicted molar refractivity (Wildman–Crippen MR) is 120 cm³/mol. The number of para-hydroxylation sites is 1. The van der Waals surface area contributed by atoms with E-state index in [-0.39, 0.29) is 35.8 Å². The zero-order valence-electron chi connectivity index (χ0n) is 17.2. The minimum Gasteiger partial charge on any atom is -0.486 e. The van der Waals surface area contributed by atoms with Crippen molar-refractivity contribution in [2.24, 2.45) is 4.99 Å². The van der Waals surface area contributed by atoms with Crippen molar-refractivity contribution in [3.63, 3.8) is 0 Å². The number of ether oxygens (including phenoxy) is 2. The average molecular weight is 510 g/mol. The predicted octanol–water partition coefficient (Wildman–Crippen LogP) is 3.29. The molecular weight excluding hydrogens is 478 g/mol. The Morgan fingerprint density at radius 3 is 2.43 bits per heavy atom. The number of aliphatic imine (C=N–C) groups is 1. The maximum absolute atomic E-state index is 13.6. The van der Waals surface area contributed by atoms with Crippen molar-refractivity contribution < 1.29 is 18.7 Å². The van der Waals surface area contributed by atoms with Gasteiger partial charge in [-0.15, -0.1) is 24.0 Å². The molecule has 0 fully saturated rings.